The standard InChI is InChI=1S/C18H20ClN3O2/c1-24-17-7-6-14(9-16(17)19)21-15-8-12(10-20-11-15)18(23)22-13-4-2-3-5-13/h6-11,13,21H,2-5H2,1H3,(H,22,23). The molecule has 0 spiro atoms. The maximum Gasteiger partial charge on any atom is 0.253 e. The Morgan fingerprint density at radius 3 is 2.71 bits per heavy atom. The van der Waals surface area contributed by atoms with Crippen LogP contribution in [0.5, 0.6) is 5.75 Å². The van der Waals surface area contributed by atoms with E-state index in [9.17, 15) is 4.79 Å². The zero-order valence-corrected chi connectivity index (χ0v) is 14.3. The van der Waals surface area contributed by atoms with Crippen molar-refractivity contribution in [1.82, 2.24) is 10.3 Å². The van der Waals surface area contributed by atoms with Crippen molar-refractivity contribution in [3.05, 3.63) is 47.2 Å². The molecule has 3 rings (SSSR count). The lowest BCUT2D eigenvalue weighted by Gasteiger charge is -2.13. The summed E-state index contributed by atoms with van der Waals surface area (Å²) in [6, 6.07) is 7.49. The topological polar surface area (TPSA) is 63.2 Å². The number of carbonyl (C=O) groups excluding carboxylic acids is 1. The summed E-state index contributed by atoms with van der Waals surface area (Å²) in [5.41, 5.74) is 2.08. The number of halogens is 1. The lowest BCUT2D eigenvalue weighted by molar-refractivity contribution is 0.0937. The second kappa shape index (κ2) is 7.53. The average Bonchev–Trinajstić information content (AvgIpc) is 3.08. The van der Waals surface area contributed by atoms with E-state index in [2.05, 4.69) is 15.6 Å². The van der Waals surface area contributed by atoms with Gasteiger partial charge in [0.05, 0.1) is 29.6 Å². The molecule has 0 unspecified atom stereocenters. The van der Waals surface area contributed by atoms with Gasteiger partial charge in [0, 0.05) is 17.9 Å². The van der Waals surface area contributed by atoms with Crippen molar-refractivity contribution in [1.29, 1.82) is 0 Å². The first kappa shape index (κ1) is 16.6. The monoisotopic (exact) mass is 345 g/mol. The summed E-state index contributed by atoms with van der Waals surface area (Å²) in [5.74, 6) is 0.538. The number of amides is 1. The molecule has 1 aromatic carbocycles. The molecule has 0 aliphatic heterocycles. The minimum Gasteiger partial charge on any atom is -0.495 e. The number of methoxy groups -OCH3 is 1. The van der Waals surface area contributed by atoms with Gasteiger partial charge in [0.2, 0.25) is 0 Å². The molecule has 1 aliphatic rings. The Hall–Kier alpha value is -2.27. The zero-order chi connectivity index (χ0) is 16.9. The van der Waals surface area contributed by atoms with Gasteiger partial charge in [-0.15, -0.1) is 0 Å². The largest absolute Gasteiger partial charge is 0.495 e. The quantitative estimate of drug-likeness (QED) is 0.854. The van der Waals surface area contributed by atoms with E-state index in [-0.39, 0.29) is 11.9 Å². The minimum absolute atomic E-state index is 0.0780. The van der Waals surface area contributed by atoms with Crippen LogP contribution in [0.1, 0.15) is 36.0 Å². The van der Waals surface area contributed by atoms with E-state index in [1.807, 2.05) is 6.07 Å². The molecule has 2 aromatic rings. The van der Waals surface area contributed by atoms with Crippen LogP contribution in [0.2, 0.25) is 5.02 Å². The average molecular weight is 346 g/mol. The van der Waals surface area contributed by atoms with Crippen LogP contribution in [0.25, 0.3) is 0 Å². The van der Waals surface area contributed by atoms with Gasteiger partial charge in [-0.05, 0) is 37.1 Å². The number of nitrogens with one attached hydrogen (secondary N) is 2. The van der Waals surface area contributed by atoms with Crippen molar-refractivity contribution in [3.63, 3.8) is 0 Å². The Kier molecular flexibility index (Phi) is 5.20. The van der Waals surface area contributed by atoms with Gasteiger partial charge in [-0.3, -0.25) is 9.78 Å². The fourth-order valence-corrected chi connectivity index (χ4v) is 3.14. The van der Waals surface area contributed by atoms with Gasteiger partial charge in [0.1, 0.15) is 5.75 Å². The van der Waals surface area contributed by atoms with Crippen molar-refractivity contribution < 1.29 is 9.53 Å². The molecule has 1 aliphatic carbocycles. The molecule has 6 heteroatoms. The third kappa shape index (κ3) is 3.97. The van der Waals surface area contributed by atoms with Crippen LogP contribution in [-0.4, -0.2) is 24.0 Å². The summed E-state index contributed by atoms with van der Waals surface area (Å²) in [7, 11) is 1.57. The molecule has 1 saturated carbocycles. The SMILES string of the molecule is COc1ccc(Nc2cncc(C(=O)NC3CCCC3)c2)cc1Cl. The molecule has 126 valence electrons. The van der Waals surface area contributed by atoms with E-state index in [0.29, 0.717) is 16.3 Å². The first-order chi connectivity index (χ1) is 11.7. The zero-order valence-electron chi connectivity index (χ0n) is 13.5. The Bertz CT molecular complexity index is 730. The van der Waals surface area contributed by atoms with E-state index in [1.54, 1.807) is 37.7 Å². The van der Waals surface area contributed by atoms with Crippen LogP contribution in [0.4, 0.5) is 11.4 Å². The Morgan fingerprint density at radius 1 is 1.21 bits per heavy atom. The van der Waals surface area contributed by atoms with Gasteiger partial charge >= 0.3 is 0 Å². The normalized spacial score (nSPS) is 14.4. The number of hydrogen-bond acceptors (Lipinski definition) is 4. The third-order valence-electron chi connectivity index (χ3n) is 4.13. The van der Waals surface area contributed by atoms with Crippen LogP contribution in [0.3, 0.4) is 0 Å². The molecule has 1 heterocycles. The van der Waals surface area contributed by atoms with Gasteiger partial charge in [0.25, 0.3) is 5.91 Å². The molecule has 0 bridgehead atoms. The fraction of sp³-hybridized carbons (Fsp3) is 0.333. The Morgan fingerprint density at radius 2 is 2.00 bits per heavy atom. The van der Waals surface area contributed by atoms with Gasteiger partial charge < -0.3 is 15.4 Å². The Balaban J connectivity index is 1.70. The second-order valence-electron chi connectivity index (χ2n) is 5.89. The van der Waals surface area contributed by atoms with Gasteiger partial charge in [-0.1, -0.05) is 24.4 Å². The fourth-order valence-electron chi connectivity index (χ4n) is 2.88. The lowest BCUT2D eigenvalue weighted by atomic mass is 10.2. The summed E-state index contributed by atoms with van der Waals surface area (Å²) >= 11 is 6.13. The first-order valence-corrected chi connectivity index (χ1v) is 8.40. The van der Waals surface area contributed by atoms with Crippen LogP contribution < -0.4 is 15.4 Å². The van der Waals surface area contributed by atoms with E-state index in [4.69, 9.17) is 16.3 Å². The Labute approximate surface area is 146 Å². The smallest absolute Gasteiger partial charge is 0.253 e. The van der Waals surface area contributed by atoms with E-state index in [0.717, 1.165) is 24.2 Å². The third-order valence-corrected chi connectivity index (χ3v) is 4.43. The lowest BCUT2D eigenvalue weighted by Crippen LogP contribution is -2.32. The molecular weight excluding hydrogens is 326 g/mol. The molecular formula is C18H20ClN3O2. The van der Waals surface area contributed by atoms with Crippen molar-refractivity contribution >= 4 is 28.9 Å². The number of anilines is 2. The summed E-state index contributed by atoms with van der Waals surface area (Å²) in [6.45, 7) is 0. The molecule has 2 N–H and O–H groups in total. The van der Waals surface area contributed by atoms with E-state index < -0.39 is 0 Å². The maximum absolute atomic E-state index is 12.3. The second-order valence-corrected chi connectivity index (χ2v) is 6.30. The summed E-state index contributed by atoms with van der Waals surface area (Å²) in [4.78, 5) is 16.5. The molecule has 1 amide bonds. The van der Waals surface area contributed by atoms with Gasteiger partial charge in [0.15, 0.2) is 0 Å². The minimum atomic E-state index is -0.0780. The summed E-state index contributed by atoms with van der Waals surface area (Å²) in [5, 5.41) is 6.79. The van der Waals surface area contributed by atoms with Crippen LogP contribution >= 0.6 is 11.6 Å². The van der Waals surface area contributed by atoms with Gasteiger partial charge in [-0.25, -0.2) is 0 Å². The molecule has 0 radical (unpaired) electrons. The number of ether oxygens (including phenoxy) is 1. The number of pyridine rings is 1. The first-order valence-electron chi connectivity index (χ1n) is 8.02. The van der Waals surface area contributed by atoms with Crippen LogP contribution in [0.15, 0.2) is 36.7 Å². The number of aromatic nitrogens is 1. The van der Waals surface area contributed by atoms with E-state index in [1.165, 1.54) is 12.8 Å². The summed E-state index contributed by atoms with van der Waals surface area (Å²) in [6.07, 6.45) is 7.73. The predicted octanol–water partition coefficient (Wildman–Crippen LogP) is 4.16. The number of nitrogens with zero attached hydrogens (tertiary/aromatic N) is 1. The highest BCUT2D eigenvalue weighted by Crippen LogP contribution is 2.28. The highest BCUT2D eigenvalue weighted by atomic mass is 35.5. The van der Waals surface area contributed by atoms with Crippen LogP contribution in [0, 0.1) is 0 Å². The molecule has 5 nitrogen and oxygen atoms in total. The molecule has 0 atom stereocenters. The van der Waals surface area contributed by atoms with Crippen molar-refractivity contribution in [2.75, 3.05) is 12.4 Å². The van der Waals surface area contributed by atoms with Crippen molar-refractivity contribution in [3.8, 4) is 5.75 Å². The van der Waals surface area contributed by atoms with Crippen molar-refractivity contribution in [2.45, 2.75) is 31.7 Å². The highest BCUT2D eigenvalue weighted by Gasteiger charge is 2.18. The molecule has 24 heavy (non-hydrogen) atoms. The number of benzene rings is 1. The summed E-state index contributed by atoms with van der Waals surface area (Å²) < 4.78 is 5.14. The number of hydrogen-bond donors (Lipinski definition) is 2. The van der Waals surface area contributed by atoms with E-state index >= 15 is 0 Å². The molecule has 0 saturated heterocycles. The van der Waals surface area contributed by atoms with Crippen LogP contribution in [-0.2, 0) is 0 Å². The number of carbonyl (C=O) groups is 1. The molecule has 1 aromatic heterocycles. The van der Waals surface area contributed by atoms with Gasteiger partial charge in [-0.2, -0.15) is 0 Å². The number of rotatable bonds is 5. The highest BCUT2D eigenvalue weighted by molar-refractivity contribution is 6.32. The maximum atomic E-state index is 12.3. The van der Waals surface area contributed by atoms with Crippen molar-refractivity contribution in [2.24, 2.45) is 0 Å². The predicted molar refractivity (Wildman–Crippen MR) is 95.2 cm³/mol. The molecule has 1 fully saturated rings.